The second-order valence-corrected chi connectivity index (χ2v) is 3.46. The van der Waals surface area contributed by atoms with E-state index in [4.69, 9.17) is 17.3 Å². The van der Waals surface area contributed by atoms with Crippen LogP contribution in [0.4, 0.5) is 4.39 Å². The Labute approximate surface area is 92.0 Å². The van der Waals surface area contributed by atoms with Crippen LogP contribution in [0.2, 0.25) is 5.02 Å². The molecule has 2 N–H and O–H groups in total. The third kappa shape index (κ3) is 3.18. The van der Waals surface area contributed by atoms with E-state index < -0.39 is 17.8 Å². The topological polar surface area (TPSA) is 52.3 Å². The average molecular weight is 232 g/mol. The second-order valence-electron chi connectivity index (χ2n) is 3.05. The molecule has 0 aliphatic carbocycles. The average Bonchev–Trinajstić information content (AvgIpc) is 2.17. The number of hydrogen-bond donors (Lipinski definition) is 1. The van der Waals surface area contributed by atoms with Crippen LogP contribution in [0, 0.1) is 5.82 Å². The summed E-state index contributed by atoms with van der Waals surface area (Å²) in [4.78, 5) is 11.0. The van der Waals surface area contributed by atoms with Gasteiger partial charge in [0.05, 0.1) is 13.5 Å². The fourth-order valence-electron chi connectivity index (χ4n) is 1.18. The third-order valence-electron chi connectivity index (χ3n) is 1.98. The lowest BCUT2D eigenvalue weighted by Gasteiger charge is -2.12. The Bertz CT molecular complexity index is 370. The van der Waals surface area contributed by atoms with E-state index >= 15 is 0 Å². The summed E-state index contributed by atoms with van der Waals surface area (Å²) in [6.45, 7) is 0. The summed E-state index contributed by atoms with van der Waals surface area (Å²) in [6, 6.07) is 3.29. The summed E-state index contributed by atoms with van der Waals surface area (Å²) in [6.07, 6.45) is 0.0157. The highest BCUT2D eigenvalue weighted by Gasteiger charge is 2.15. The van der Waals surface area contributed by atoms with Gasteiger partial charge in [-0.05, 0) is 17.7 Å². The maximum atomic E-state index is 12.7. The first-order chi connectivity index (χ1) is 7.04. The largest absolute Gasteiger partial charge is 0.469 e. The molecule has 0 amide bonds. The number of benzene rings is 1. The van der Waals surface area contributed by atoms with Crippen molar-refractivity contribution in [2.45, 2.75) is 12.5 Å². The summed E-state index contributed by atoms with van der Waals surface area (Å²) >= 11 is 5.78. The molecule has 0 unspecified atom stereocenters. The highest BCUT2D eigenvalue weighted by atomic mass is 35.5. The van der Waals surface area contributed by atoms with Gasteiger partial charge in [0.15, 0.2) is 0 Å². The molecular weight excluding hydrogens is 221 g/mol. The van der Waals surface area contributed by atoms with Crippen molar-refractivity contribution in [1.29, 1.82) is 0 Å². The fourth-order valence-corrected chi connectivity index (χ4v) is 1.48. The van der Waals surface area contributed by atoms with E-state index in [1.54, 1.807) is 0 Å². The molecule has 1 atom stereocenters. The van der Waals surface area contributed by atoms with Crippen LogP contribution in [0.5, 0.6) is 0 Å². The number of esters is 1. The summed E-state index contributed by atoms with van der Waals surface area (Å²) in [5, 5.41) is 0.214. The van der Waals surface area contributed by atoms with Crippen molar-refractivity contribution in [2.24, 2.45) is 5.73 Å². The minimum absolute atomic E-state index is 0.0157. The smallest absolute Gasteiger partial charge is 0.307 e. The van der Waals surface area contributed by atoms with Gasteiger partial charge in [-0.3, -0.25) is 4.79 Å². The van der Waals surface area contributed by atoms with Gasteiger partial charge in [-0.25, -0.2) is 4.39 Å². The predicted molar refractivity (Wildman–Crippen MR) is 55.0 cm³/mol. The van der Waals surface area contributed by atoms with Crippen LogP contribution in [0.1, 0.15) is 18.0 Å². The Morgan fingerprint density at radius 2 is 2.33 bits per heavy atom. The Kier molecular flexibility index (Phi) is 4.05. The molecule has 0 saturated heterocycles. The van der Waals surface area contributed by atoms with E-state index in [1.165, 1.54) is 19.2 Å². The van der Waals surface area contributed by atoms with Crippen molar-refractivity contribution in [3.8, 4) is 0 Å². The van der Waals surface area contributed by atoms with E-state index in [2.05, 4.69) is 4.74 Å². The van der Waals surface area contributed by atoms with Crippen molar-refractivity contribution in [2.75, 3.05) is 7.11 Å². The van der Waals surface area contributed by atoms with E-state index in [-0.39, 0.29) is 11.4 Å². The SMILES string of the molecule is COC(=O)C[C@H](N)c1ccc(F)cc1Cl. The van der Waals surface area contributed by atoms with Crippen LogP contribution < -0.4 is 5.73 Å². The van der Waals surface area contributed by atoms with Gasteiger partial charge < -0.3 is 10.5 Å². The predicted octanol–water partition coefficient (Wildman–Crippen LogP) is 2.04. The summed E-state index contributed by atoms with van der Waals surface area (Å²) in [5.41, 5.74) is 6.25. The third-order valence-corrected chi connectivity index (χ3v) is 2.30. The number of ether oxygens (including phenoxy) is 1. The van der Waals surface area contributed by atoms with Crippen molar-refractivity contribution in [3.05, 3.63) is 34.6 Å². The lowest BCUT2D eigenvalue weighted by molar-refractivity contribution is -0.141. The summed E-state index contributed by atoms with van der Waals surface area (Å²) in [5.74, 6) is -0.864. The highest BCUT2D eigenvalue weighted by Crippen LogP contribution is 2.24. The zero-order chi connectivity index (χ0) is 11.4. The van der Waals surface area contributed by atoms with Gasteiger partial charge in [-0.15, -0.1) is 0 Å². The minimum atomic E-state index is -0.578. The molecule has 0 aliphatic rings. The lowest BCUT2D eigenvalue weighted by atomic mass is 10.0. The van der Waals surface area contributed by atoms with Gasteiger partial charge >= 0.3 is 5.97 Å². The Morgan fingerprint density at radius 1 is 1.67 bits per heavy atom. The molecule has 0 bridgehead atoms. The second kappa shape index (κ2) is 5.09. The summed E-state index contributed by atoms with van der Waals surface area (Å²) < 4.78 is 17.2. The van der Waals surface area contributed by atoms with Crippen LogP contribution in [-0.4, -0.2) is 13.1 Å². The van der Waals surface area contributed by atoms with Crippen molar-refractivity contribution >= 4 is 17.6 Å². The van der Waals surface area contributed by atoms with E-state index in [0.29, 0.717) is 5.56 Å². The molecule has 0 spiro atoms. The molecule has 1 aromatic carbocycles. The van der Waals surface area contributed by atoms with Gasteiger partial charge in [0.2, 0.25) is 0 Å². The van der Waals surface area contributed by atoms with Gasteiger partial charge in [0, 0.05) is 11.1 Å². The molecule has 0 fully saturated rings. The van der Waals surface area contributed by atoms with Crippen LogP contribution in [0.25, 0.3) is 0 Å². The maximum absolute atomic E-state index is 12.7. The molecule has 5 heteroatoms. The van der Waals surface area contributed by atoms with Crippen molar-refractivity contribution in [3.63, 3.8) is 0 Å². The molecular formula is C10H11ClFNO2. The number of halogens is 2. The monoisotopic (exact) mass is 231 g/mol. The van der Waals surface area contributed by atoms with E-state index in [0.717, 1.165) is 6.07 Å². The molecule has 0 saturated carbocycles. The van der Waals surface area contributed by atoms with Crippen LogP contribution in [0.3, 0.4) is 0 Å². The Hall–Kier alpha value is -1.13. The lowest BCUT2D eigenvalue weighted by Crippen LogP contribution is -2.16. The van der Waals surface area contributed by atoms with Crippen LogP contribution >= 0.6 is 11.6 Å². The molecule has 3 nitrogen and oxygen atoms in total. The number of carbonyl (C=O) groups is 1. The first kappa shape index (κ1) is 11.9. The fraction of sp³-hybridized carbons (Fsp3) is 0.300. The first-order valence-electron chi connectivity index (χ1n) is 4.32. The minimum Gasteiger partial charge on any atom is -0.469 e. The maximum Gasteiger partial charge on any atom is 0.307 e. The quantitative estimate of drug-likeness (QED) is 0.810. The van der Waals surface area contributed by atoms with E-state index in [1.807, 2.05) is 0 Å². The van der Waals surface area contributed by atoms with Crippen LogP contribution in [0.15, 0.2) is 18.2 Å². The zero-order valence-electron chi connectivity index (χ0n) is 8.17. The number of nitrogens with two attached hydrogens (primary N) is 1. The Morgan fingerprint density at radius 3 is 2.87 bits per heavy atom. The molecule has 0 heterocycles. The molecule has 0 aromatic heterocycles. The van der Waals surface area contributed by atoms with Gasteiger partial charge in [0.1, 0.15) is 5.82 Å². The molecule has 1 rings (SSSR count). The molecule has 0 aliphatic heterocycles. The first-order valence-corrected chi connectivity index (χ1v) is 4.69. The number of rotatable bonds is 3. The number of carbonyl (C=O) groups excluding carboxylic acids is 1. The van der Waals surface area contributed by atoms with Gasteiger partial charge in [0.25, 0.3) is 0 Å². The molecule has 15 heavy (non-hydrogen) atoms. The van der Waals surface area contributed by atoms with Crippen molar-refractivity contribution in [1.82, 2.24) is 0 Å². The summed E-state index contributed by atoms with van der Waals surface area (Å²) in [7, 11) is 1.28. The van der Waals surface area contributed by atoms with Gasteiger partial charge in [-0.2, -0.15) is 0 Å². The normalized spacial score (nSPS) is 12.3. The van der Waals surface area contributed by atoms with Gasteiger partial charge in [-0.1, -0.05) is 17.7 Å². The zero-order valence-corrected chi connectivity index (χ0v) is 8.92. The number of hydrogen-bond acceptors (Lipinski definition) is 3. The highest BCUT2D eigenvalue weighted by molar-refractivity contribution is 6.31. The number of methoxy groups -OCH3 is 1. The molecule has 0 radical (unpaired) electrons. The van der Waals surface area contributed by atoms with E-state index in [9.17, 15) is 9.18 Å². The molecule has 1 aromatic rings. The Balaban J connectivity index is 2.82. The van der Waals surface area contributed by atoms with Crippen LogP contribution in [-0.2, 0) is 9.53 Å². The van der Waals surface area contributed by atoms with Crippen molar-refractivity contribution < 1.29 is 13.9 Å². The molecule has 82 valence electrons. The standard InChI is InChI=1S/C10H11ClFNO2/c1-15-10(14)5-9(13)7-3-2-6(12)4-8(7)11/h2-4,9H,5,13H2,1H3/t9-/m0/s1.